The van der Waals surface area contributed by atoms with Crippen molar-refractivity contribution in [1.29, 1.82) is 0 Å². The van der Waals surface area contributed by atoms with Gasteiger partial charge < -0.3 is 24.4 Å². The number of aromatic amines is 2. The predicted molar refractivity (Wildman–Crippen MR) is 106 cm³/mol. The molecule has 4 heterocycles. The van der Waals surface area contributed by atoms with Crippen LogP contribution in [0.15, 0.2) is 52.3 Å². The fourth-order valence-corrected chi connectivity index (χ4v) is 3.26. The lowest BCUT2D eigenvalue weighted by molar-refractivity contribution is 0.410. The van der Waals surface area contributed by atoms with Crippen LogP contribution in [-0.4, -0.2) is 36.8 Å². The number of hydrogen-bond acceptors (Lipinski definition) is 7. The van der Waals surface area contributed by atoms with Gasteiger partial charge in [0, 0.05) is 0 Å². The highest BCUT2D eigenvalue weighted by Gasteiger charge is 2.20. The van der Waals surface area contributed by atoms with Crippen LogP contribution in [0.4, 0.5) is 5.69 Å². The van der Waals surface area contributed by atoms with E-state index in [1.54, 1.807) is 17.1 Å². The molecule has 4 aromatic heterocycles. The van der Waals surface area contributed by atoms with Crippen LogP contribution in [0, 0.1) is 0 Å². The van der Waals surface area contributed by atoms with Gasteiger partial charge in [0.25, 0.3) is 5.56 Å². The fourth-order valence-electron chi connectivity index (χ4n) is 3.26. The maximum absolute atomic E-state index is 12.5. The molecule has 5 rings (SSSR count). The minimum absolute atomic E-state index is 0.141. The molecule has 1 atom stereocenters. The first kappa shape index (κ1) is 17.0. The molecule has 5 aromatic rings. The van der Waals surface area contributed by atoms with Gasteiger partial charge in [0.15, 0.2) is 6.39 Å². The summed E-state index contributed by atoms with van der Waals surface area (Å²) in [6.45, 7) is 1.90. The molecule has 0 aliphatic rings. The third kappa shape index (κ3) is 2.81. The van der Waals surface area contributed by atoms with Gasteiger partial charge in [0.05, 0.1) is 35.9 Å². The van der Waals surface area contributed by atoms with Crippen molar-refractivity contribution in [2.75, 3.05) is 12.4 Å². The second kappa shape index (κ2) is 6.51. The standard InChI is InChI=1S/C19H17N7O3/c1-10(14-8-29-9-20-14)21-16-15-13(22-18(27)17(16)28-2)7-26(25-15)19-23-11-5-3-4-6-12(11)24-19/h3-10,21H,1-2H3,(H,22,27)(H,23,24). The highest BCUT2D eigenvalue weighted by Crippen LogP contribution is 2.31. The van der Waals surface area contributed by atoms with E-state index in [1.807, 2.05) is 31.2 Å². The third-order valence-corrected chi connectivity index (χ3v) is 4.69. The van der Waals surface area contributed by atoms with E-state index in [2.05, 4.69) is 30.4 Å². The first-order valence-electron chi connectivity index (χ1n) is 8.93. The number of hydrogen-bond donors (Lipinski definition) is 3. The average molecular weight is 391 g/mol. The molecule has 10 heteroatoms. The van der Waals surface area contributed by atoms with Crippen LogP contribution >= 0.6 is 0 Å². The molecule has 1 aromatic carbocycles. The van der Waals surface area contributed by atoms with Crippen LogP contribution in [-0.2, 0) is 0 Å². The zero-order valence-electron chi connectivity index (χ0n) is 15.6. The Labute approximate surface area is 163 Å². The fraction of sp³-hybridized carbons (Fsp3) is 0.158. The Bertz CT molecular complexity index is 1330. The lowest BCUT2D eigenvalue weighted by atomic mass is 10.2. The molecular formula is C19H17N7O3. The maximum atomic E-state index is 12.5. The van der Waals surface area contributed by atoms with Gasteiger partial charge in [-0.2, -0.15) is 5.10 Å². The van der Waals surface area contributed by atoms with Crippen LogP contribution in [0.1, 0.15) is 18.7 Å². The number of fused-ring (bicyclic) bond motifs is 2. The molecule has 0 fully saturated rings. The number of ether oxygens (including phenoxy) is 1. The molecule has 0 saturated carbocycles. The quantitative estimate of drug-likeness (QED) is 0.420. The van der Waals surface area contributed by atoms with Crippen molar-refractivity contribution in [3.8, 4) is 11.7 Å². The van der Waals surface area contributed by atoms with E-state index in [-0.39, 0.29) is 17.4 Å². The van der Waals surface area contributed by atoms with Crippen molar-refractivity contribution >= 4 is 27.8 Å². The normalized spacial score (nSPS) is 12.5. The number of pyridine rings is 1. The minimum Gasteiger partial charge on any atom is -0.490 e. The lowest BCUT2D eigenvalue weighted by Gasteiger charge is -2.15. The number of anilines is 1. The Hall–Kier alpha value is -4.08. The third-order valence-electron chi connectivity index (χ3n) is 4.69. The molecular weight excluding hydrogens is 374 g/mol. The number of para-hydroxylation sites is 2. The van der Waals surface area contributed by atoms with Gasteiger partial charge in [-0.05, 0) is 19.1 Å². The maximum Gasteiger partial charge on any atom is 0.293 e. The van der Waals surface area contributed by atoms with Crippen molar-refractivity contribution in [2.24, 2.45) is 0 Å². The monoisotopic (exact) mass is 391 g/mol. The summed E-state index contributed by atoms with van der Waals surface area (Å²) in [6.07, 6.45) is 4.61. The highest BCUT2D eigenvalue weighted by molar-refractivity contribution is 5.91. The van der Waals surface area contributed by atoms with Crippen LogP contribution in [0.5, 0.6) is 5.75 Å². The number of oxazole rings is 1. The number of imidazole rings is 1. The largest absolute Gasteiger partial charge is 0.490 e. The molecule has 0 spiro atoms. The van der Waals surface area contributed by atoms with Gasteiger partial charge in [-0.15, -0.1) is 0 Å². The molecule has 0 aliphatic heterocycles. The molecule has 0 saturated heterocycles. The summed E-state index contributed by atoms with van der Waals surface area (Å²) in [5.74, 6) is 0.681. The number of nitrogens with one attached hydrogen (secondary N) is 3. The van der Waals surface area contributed by atoms with E-state index >= 15 is 0 Å². The Balaban J connectivity index is 1.65. The first-order valence-corrected chi connectivity index (χ1v) is 8.93. The van der Waals surface area contributed by atoms with Gasteiger partial charge in [-0.1, -0.05) is 12.1 Å². The molecule has 3 N–H and O–H groups in total. The number of nitrogens with zero attached hydrogens (tertiary/aromatic N) is 4. The smallest absolute Gasteiger partial charge is 0.293 e. The number of aromatic nitrogens is 6. The van der Waals surface area contributed by atoms with Gasteiger partial charge >= 0.3 is 0 Å². The number of H-pyrrole nitrogens is 2. The topological polar surface area (TPSA) is 127 Å². The van der Waals surface area contributed by atoms with E-state index in [0.717, 1.165) is 11.0 Å². The molecule has 0 amide bonds. The van der Waals surface area contributed by atoms with Crippen molar-refractivity contribution in [3.63, 3.8) is 0 Å². The molecule has 0 aliphatic carbocycles. The van der Waals surface area contributed by atoms with Gasteiger partial charge in [0.1, 0.15) is 23.2 Å². The summed E-state index contributed by atoms with van der Waals surface area (Å²) < 4.78 is 12.0. The number of rotatable bonds is 5. The number of methoxy groups -OCH3 is 1. The van der Waals surface area contributed by atoms with E-state index < -0.39 is 0 Å². The molecule has 146 valence electrons. The summed E-state index contributed by atoms with van der Waals surface area (Å²) in [6, 6.07) is 7.47. The second-order valence-electron chi connectivity index (χ2n) is 6.56. The Morgan fingerprint density at radius 3 is 2.86 bits per heavy atom. The van der Waals surface area contributed by atoms with E-state index in [9.17, 15) is 4.79 Å². The van der Waals surface area contributed by atoms with E-state index in [1.165, 1.54) is 13.5 Å². The summed E-state index contributed by atoms with van der Waals surface area (Å²) in [5.41, 5.74) is 3.61. The van der Waals surface area contributed by atoms with Crippen molar-refractivity contribution in [1.82, 2.24) is 29.7 Å². The zero-order valence-corrected chi connectivity index (χ0v) is 15.6. The van der Waals surface area contributed by atoms with Gasteiger partial charge in [0.2, 0.25) is 11.7 Å². The molecule has 0 radical (unpaired) electrons. The van der Waals surface area contributed by atoms with Crippen molar-refractivity contribution in [3.05, 3.63) is 59.2 Å². The lowest BCUT2D eigenvalue weighted by Crippen LogP contribution is -2.15. The first-order chi connectivity index (χ1) is 14.1. The predicted octanol–water partition coefficient (Wildman–Crippen LogP) is 2.76. The van der Waals surface area contributed by atoms with Crippen LogP contribution in [0.2, 0.25) is 0 Å². The van der Waals surface area contributed by atoms with Crippen molar-refractivity contribution < 1.29 is 9.15 Å². The molecule has 0 bridgehead atoms. The van der Waals surface area contributed by atoms with Crippen molar-refractivity contribution in [2.45, 2.75) is 13.0 Å². The molecule has 29 heavy (non-hydrogen) atoms. The minimum atomic E-state index is -0.362. The average Bonchev–Trinajstić information content (AvgIpc) is 3.46. The van der Waals surface area contributed by atoms with Gasteiger partial charge in [-0.3, -0.25) is 4.79 Å². The van der Waals surface area contributed by atoms with Crippen LogP contribution < -0.4 is 15.6 Å². The molecule has 1 unspecified atom stereocenters. The summed E-state index contributed by atoms with van der Waals surface area (Å²) in [7, 11) is 1.44. The van der Waals surface area contributed by atoms with Crippen LogP contribution in [0.3, 0.4) is 0 Å². The van der Waals surface area contributed by atoms with Gasteiger partial charge in [-0.25, -0.2) is 14.6 Å². The Morgan fingerprint density at radius 1 is 1.24 bits per heavy atom. The summed E-state index contributed by atoms with van der Waals surface area (Å²) in [5, 5.41) is 7.89. The van der Waals surface area contributed by atoms with E-state index in [4.69, 9.17) is 9.15 Å². The second-order valence-corrected chi connectivity index (χ2v) is 6.56. The Kier molecular flexibility index (Phi) is 3.83. The SMILES string of the molecule is COc1c(NC(C)c2cocn2)c2nn(-c3nc4ccccc4[nH]3)cc2[nH]c1=O. The molecule has 10 nitrogen and oxygen atoms in total. The Morgan fingerprint density at radius 2 is 2.10 bits per heavy atom. The summed E-state index contributed by atoms with van der Waals surface area (Å²) in [4.78, 5) is 27.3. The van der Waals surface area contributed by atoms with Crippen LogP contribution in [0.25, 0.3) is 28.0 Å². The number of benzene rings is 1. The highest BCUT2D eigenvalue weighted by atomic mass is 16.5. The summed E-state index contributed by atoms with van der Waals surface area (Å²) >= 11 is 0. The van der Waals surface area contributed by atoms with E-state index in [0.29, 0.717) is 28.4 Å². The zero-order chi connectivity index (χ0) is 20.0.